The molecule has 1 heterocycles. The number of piperazine rings is 1. The molecule has 0 spiro atoms. The van der Waals surface area contributed by atoms with Crippen LogP contribution in [0.2, 0.25) is 0 Å². The molecule has 0 bridgehead atoms. The van der Waals surface area contributed by atoms with Gasteiger partial charge in [-0.15, -0.1) is 0 Å². The van der Waals surface area contributed by atoms with Gasteiger partial charge in [0.25, 0.3) is 0 Å². The maximum absolute atomic E-state index is 12.3. The Morgan fingerprint density at radius 2 is 1.85 bits per heavy atom. The number of hydrogen-bond acceptors (Lipinski definition) is 3. The van der Waals surface area contributed by atoms with E-state index in [9.17, 15) is 4.79 Å². The highest BCUT2D eigenvalue weighted by Gasteiger charge is 2.25. The number of carbonyl (C=O) groups is 1. The number of carbonyl (C=O) groups excluding carboxylic acids is 1. The lowest BCUT2D eigenvalue weighted by Crippen LogP contribution is -2.57. The molecular weight excluding hydrogens is 250 g/mol. The first-order valence-electron chi connectivity index (χ1n) is 7.31. The van der Waals surface area contributed by atoms with Crippen molar-refractivity contribution < 1.29 is 4.79 Å². The van der Waals surface area contributed by atoms with Crippen molar-refractivity contribution in [1.29, 1.82) is 0 Å². The predicted molar refractivity (Wildman–Crippen MR) is 81.4 cm³/mol. The van der Waals surface area contributed by atoms with E-state index in [1.807, 2.05) is 30.1 Å². The topological polar surface area (TPSA) is 35.6 Å². The van der Waals surface area contributed by atoms with Crippen LogP contribution in [-0.4, -0.2) is 54.5 Å². The van der Waals surface area contributed by atoms with Crippen LogP contribution in [0.25, 0.3) is 0 Å². The Morgan fingerprint density at radius 3 is 2.45 bits per heavy atom. The summed E-state index contributed by atoms with van der Waals surface area (Å²) in [4.78, 5) is 16.4. The summed E-state index contributed by atoms with van der Waals surface area (Å²) in [5.74, 6) is 0.226. The molecule has 4 nitrogen and oxygen atoms in total. The fraction of sp³-hybridized carbons (Fsp3) is 0.562. The molecule has 2 unspecified atom stereocenters. The molecule has 1 aliphatic heterocycles. The minimum Gasteiger partial charge on any atom is -0.338 e. The first kappa shape index (κ1) is 15.0. The second-order valence-electron chi connectivity index (χ2n) is 5.93. The van der Waals surface area contributed by atoms with Crippen molar-refractivity contribution in [3.63, 3.8) is 0 Å². The first-order valence-corrected chi connectivity index (χ1v) is 7.31. The van der Waals surface area contributed by atoms with Crippen molar-refractivity contribution in [2.45, 2.75) is 32.5 Å². The van der Waals surface area contributed by atoms with Crippen LogP contribution in [0.4, 0.5) is 0 Å². The Bertz CT molecular complexity index is 425. The van der Waals surface area contributed by atoms with Crippen molar-refractivity contribution in [2.24, 2.45) is 0 Å². The molecule has 1 N–H and O–H groups in total. The van der Waals surface area contributed by atoms with Crippen LogP contribution < -0.4 is 5.32 Å². The van der Waals surface area contributed by atoms with Crippen LogP contribution in [0.15, 0.2) is 30.3 Å². The molecule has 1 fully saturated rings. The van der Waals surface area contributed by atoms with E-state index in [-0.39, 0.29) is 5.91 Å². The van der Waals surface area contributed by atoms with Gasteiger partial charge in [0.1, 0.15) is 0 Å². The van der Waals surface area contributed by atoms with Crippen molar-refractivity contribution >= 4 is 5.91 Å². The fourth-order valence-corrected chi connectivity index (χ4v) is 2.81. The standard InChI is InChI=1S/C16H25N3O/c1-13-9-19(10-14(2)17-13)16(20)12-18(3)11-15-7-5-4-6-8-15/h4-8,13-14,17H,9-12H2,1-3H3. The largest absolute Gasteiger partial charge is 0.338 e. The van der Waals surface area contributed by atoms with E-state index in [0.29, 0.717) is 18.6 Å². The summed E-state index contributed by atoms with van der Waals surface area (Å²) in [6.45, 7) is 7.16. The van der Waals surface area contributed by atoms with Gasteiger partial charge in [0.05, 0.1) is 6.54 Å². The van der Waals surface area contributed by atoms with Crippen molar-refractivity contribution in [3.8, 4) is 0 Å². The number of rotatable bonds is 4. The highest BCUT2D eigenvalue weighted by atomic mass is 16.2. The number of amides is 1. The summed E-state index contributed by atoms with van der Waals surface area (Å²) in [6, 6.07) is 11.0. The maximum atomic E-state index is 12.3. The molecule has 1 aromatic carbocycles. The average molecular weight is 275 g/mol. The normalized spacial score (nSPS) is 23.1. The Labute approximate surface area is 121 Å². The number of nitrogens with zero attached hydrogens (tertiary/aromatic N) is 2. The van der Waals surface area contributed by atoms with Gasteiger partial charge in [-0.1, -0.05) is 30.3 Å². The van der Waals surface area contributed by atoms with Crippen LogP contribution in [0.1, 0.15) is 19.4 Å². The van der Waals surface area contributed by atoms with E-state index in [4.69, 9.17) is 0 Å². The highest BCUT2D eigenvalue weighted by Crippen LogP contribution is 2.07. The molecule has 0 radical (unpaired) electrons. The van der Waals surface area contributed by atoms with Crippen LogP contribution in [0.5, 0.6) is 0 Å². The Kier molecular flexibility index (Phi) is 5.15. The van der Waals surface area contributed by atoms with Gasteiger partial charge >= 0.3 is 0 Å². The molecule has 2 atom stereocenters. The molecule has 2 rings (SSSR count). The van der Waals surface area contributed by atoms with Gasteiger partial charge in [-0.3, -0.25) is 9.69 Å². The summed E-state index contributed by atoms with van der Waals surface area (Å²) < 4.78 is 0. The Balaban J connectivity index is 1.84. The average Bonchev–Trinajstić information content (AvgIpc) is 2.38. The van der Waals surface area contributed by atoms with Gasteiger partial charge in [-0.25, -0.2) is 0 Å². The van der Waals surface area contributed by atoms with Crippen molar-refractivity contribution in [1.82, 2.24) is 15.1 Å². The Hall–Kier alpha value is -1.39. The molecule has 1 saturated heterocycles. The first-order chi connectivity index (χ1) is 9.54. The summed E-state index contributed by atoms with van der Waals surface area (Å²) in [6.07, 6.45) is 0. The van der Waals surface area contributed by atoms with E-state index in [2.05, 4.69) is 36.2 Å². The van der Waals surface area contributed by atoms with Gasteiger partial charge < -0.3 is 10.2 Å². The lowest BCUT2D eigenvalue weighted by molar-refractivity contribution is -0.134. The molecule has 4 heteroatoms. The lowest BCUT2D eigenvalue weighted by Gasteiger charge is -2.36. The van der Waals surface area contributed by atoms with Gasteiger partial charge in [-0.05, 0) is 26.5 Å². The zero-order valence-electron chi connectivity index (χ0n) is 12.7. The van der Waals surface area contributed by atoms with Crippen LogP contribution in [0.3, 0.4) is 0 Å². The summed E-state index contributed by atoms with van der Waals surface area (Å²) in [5, 5.41) is 3.45. The fourth-order valence-electron chi connectivity index (χ4n) is 2.81. The van der Waals surface area contributed by atoms with Gasteiger partial charge in [0.2, 0.25) is 5.91 Å². The van der Waals surface area contributed by atoms with Gasteiger partial charge in [0, 0.05) is 31.7 Å². The summed E-state index contributed by atoms with van der Waals surface area (Å²) >= 11 is 0. The molecule has 0 aliphatic carbocycles. The predicted octanol–water partition coefficient (Wildman–Crippen LogP) is 1.33. The van der Waals surface area contributed by atoms with E-state index < -0.39 is 0 Å². The molecule has 20 heavy (non-hydrogen) atoms. The van der Waals surface area contributed by atoms with Crippen molar-refractivity contribution in [3.05, 3.63) is 35.9 Å². The van der Waals surface area contributed by atoms with E-state index in [1.165, 1.54) is 5.56 Å². The summed E-state index contributed by atoms with van der Waals surface area (Å²) in [5.41, 5.74) is 1.24. The Morgan fingerprint density at radius 1 is 1.25 bits per heavy atom. The molecule has 0 aromatic heterocycles. The molecule has 110 valence electrons. The zero-order valence-corrected chi connectivity index (χ0v) is 12.7. The quantitative estimate of drug-likeness (QED) is 0.900. The monoisotopic (exact) mass is 275 g/mol. The van der Waals surface area contributed by atoms with Crippen LogP contribution in [-0.2, 0) is 11.3 Å². The summed E-state index contributed by atoms with van der Waals surface area (Å²) in [7, 11) is 2.00. The lowest BCUT2D eigenvalue weighted by atomic mass is 10.1. The number of benzene rings is 1. The third kappa shape index (κ3) is 4.32. The molecular formula is C16H25N3O. The third-order valence-electron chi connectivity index (χ3n) is 3.61. The van der Waals surface area contributed by atoms with E-state index in [0.717, 1.165) is 19.6 Å². The third-order valence-corrected chi connectivity index (χ3v) is 3.61. The minimum absolute atomic E-state index is 0.226. The molecule has 1 aliphatic rings. The maximum Gasteiger partial charge on any atom is 0.236 e. The molecule has 1 aromatic rings. The minimum atomic E-state index is 0.226. The SMILES string of the molecule is CC1CN(C(=O)CN(C)Cc2ccccc2)CC(C)N1. The zero-order chi connectivity index (χ0) is 14.5. The van der Waals surface area contributed by atoms with E-state index >= 15 is 0 Å². The van der Waals surface area contributed by atoms with E-state index in [1.54, 1.807) is 0 Å². The molecule has 1 amide bonds. The van der Waals surface area contributed by atoms with Crippen LogP contribution >= 0.6 is 0 Å². The van der Waals surface area contributed by atoms with Gasteiger partial charge in [-0.2, -0.15) is 0 Å². The second kappa shape index (κ2) is 6.86. The van der Waals surface area contributed by atoms with Crippen LogP contribution in [0, 0.1) is 0 Å². The highest BCUT2D eigenvalue weighted by molar-refractivity contribution is 5.78. The van der Waals surface area contributed by atoms with Gasteiger partial charge in [0.15, 0.2) is 0 Å². The number of hydrogen-bond donors (Lipinski definition) is 1. The molecule has 0 saturated carbocycles. The number of likely N-dealkylation sites (N-methyl/N-ethyl adjacent to an activating group) is 1. The van der Waals surface area contributed by atoms with Crippen molar-refractivity contribution in [2.75, 3.05) is 26.7 Å². The number of nitrogens with one attached hydrogen (secondary N) is 1. The second-order valence-corrected chi connectivity index (χ2v) is 5.93. The smallest absolute Gasteiger partial charge is 0.236 e.